The van der Waals surface area contributed by atoms with Gasteiger partial charge in [-0.2, -0.15) is 0 Å². The van der Waals surface area contributed by atoms with Gasteiger partial charge in [-0.05, 0) is 12.1 Å². The molecule has 3 rings (SSSR count). The first kappa shape index (κ1) is 13.7. The van der Waals surface area contributed by atoms with Gasteiger partial charge in [0.05, 0.1) is 17.9 Å². The average molecular weight is 301 g/mol. The summed E-state index contributed by atoms with van der Waals surface area (Å²) in [7, 11) is 0. The van der Waals surface area contributed by atoms with Crippen molar-refractivity contribution in [3.05, 3.63) is 41.4 Å². The maximum atomic E-state index is 5.49. The zero-order valence-electron chi connectivity index (χ0n) is 11.8. The van der Waals surface area contributed by atoms with E-state index in [1.807, 2.05) is 37.4 Å². The van der Waals surface area contributed by atoms with Gasteiger partial charge in [0, 0.05) is 17.5 Å². The molecule has 0 fully saturated rings. The maximum Gasteiger partial charge on any atom is 0.315 e. The van der Waals surface area contributed by atoms with Gasteiger partial charge < -0.3 is 9.73 Å². The monoisotopic (exact) mass is 301 g/mol. The molecular formula is C14H15N5OS. The summed E-state index contributed by atoms with van der Waals surface area (Å²) in [5.41, 5.74) is 1.80. The molecule has 0 bridgehead atoms. The molecule has 0 aliphatic heterocycles. The Balaban J connectivity index is 1.65. The molecule has 0 aromatic carbocycles. The van der Waals surface area contributed by atoms with Crippen LogP contribution in [0.4, 0.5) is 6.01 Å². The normalized spacial score (nSPS) is 11.0. The van der Waals surface area contributed by atoms with Crippen molar-refractivity contribution in [3.8, 4) is 10.7 Å². The first-order valence-corrected chi connectivity index (χ1v) is 7.53. The van der Waals surface area contributed by atoms with Gasteiger partial charge in [-0.15, -0.1) is 16.4 Å². The van der Waals surface area contributed by atoms with Crippen LogP contribution in [-0.2, 0) is 6.54 Å². The number of aromatic nitrogens is 4. The minimum atomic E-state index is 0.225. The van der Waals surface area contributed by atoms with Crippen LogP contribution >= 0.6 is 11.3 Å². The number of rotatable bonds is 5. The lowest BCUT2D eigenvalue weighted by Crippen LogP contribution is -1.99. The van der Waals surface area contributed by atoms with E-state index < -0.39 is 0 Å². The van der Waals surface area contributed by atoms with Crippen LogP contribution in [0.5, 0.6) is 0 Å². The molecule has 108 valence electrons. The van der Waals surface area contributed by atoms with Crippen LogP contribution in [0, 0.1) is 0 Å². The molecule has 0 aliphatic rings. The number of anilines is 1. The van der Waals surface area contributed by atoms with Crippen molar-refractivity contribution in [2.24, 2.45) is 0 Å². The van der Waals surface area contributed by atoms with E-state index in [0.717, 1.165) is 16.4 Å². The molecule has 0 saturated heterocycles. The minimum absolute atomic E-state index is 0.225. The summed E-state index contributed by atoms with van der Waals surface area (Å²) in [6.45, 7) is 4.57. The smallest absolute Gasteiger partial charge is 0.315 e. The Hall–Kier alpha value is -2.28. The number of pyridine rings is 1. The van der Waals surface area contributed by atoms with Crippen LogP contribution in [0.2, 0.25) is 0 Å². The second-order valence-electron chi connectivity index (χ2n) is 4.81. The number of hydrogen-bond acceptors (Lipinski definition) is 7. The van der Waals surface area contributed by atoms with Crippen LogP contribution in [0.1, 0.15) is 31.4 Å². The van der Waals surface area contributed by atoms with E-state index in [-0.39, 0.29) is 5.92 Å². The van der Waals surface area contributed by atoms with E-state index in [0.29, 0.717) is 18.5 Å². The molecule has 0 spiro atoms. The van der Waals surface area contributed by atoms with Crippen LogP contribution in [0.25, 0.3) is 10.7 Å². The number of nitrogens with one attached hydrogen (secondary N) is 1. The lowest BCUT2D eigenvalue weighted by Gasteiger charge is -1.98. The van der Waals surface area contributed by atoms with Crippen molar-refractivity contribution in [2.45, 2.75) is 26.3 Å². The minimum Gasteiger partial charge on any atom is -0.408 e. The largest absolute Gasteiger partial charge is 0.408 e. The van der Waals surface area contributed by atoms with E-state index in [9.17, 15) is 0 Å². The average Bonchev–Trinajstić information content (AvgIpc) is 3.15. The second kappa shape index (κ2) is 6.01. The fraction of sp³-hybridized carbons (Fsp3) is 0.286. The molecule has 0 aliphatic carbocycles. The summed E-state index contributed by atoms with van der Waals surface area (Å²) < 4.78 is 5.49. The molecule has 7 heteroatoms. The van der Waals surface area contributed by atoms with Crippen molar-refractivity contribution < 1.29 is 4.42 Å². The van der Waals surface area contributed by atoms with Crippen LogP contribution in [0.3, 0.4) is 0 Å². The lowest BCUT2D eigenvalue weighted by molar-refractivity contribution is 0.480. The summed E-state index contributed by atoms with van der Waals surface area (Å²) in [5, 5.41) is 13.9. The maximum absolute atomic E-state index is 5.49. The van der Waals surface area contributed by atoms with E-state index in [2.05, 4.69) is 25.5 Å². The van der Waals surface area contributed by atoms with Crippen LogP contribution in [-0.4, -0.2) is 20.2 Å². The van der Waals surface area contributed by atoms with Crippen molar-refractivity contribution in [1.82, 2.24) is 20.2 Å². The summed E-state index contributed by atoms with van der Waals surface area (Å²) in [5.74, 6) is 0.855. The van der Waals surface area contributed by atoms with Crippen molar-refractivity contribution in [3.63, 3.8) is 0 Å². The summed E-state index contributed by atoms with van der Waals surface area (Å²) in [6, 6.07) is 6.21. The Labute approximate surface area is 126 Å². The number of nitrogens with zero attached hydrogens (tertiary/aromatic N) is 4. The molecule has 0 amide bonds. The van der Waals surface area contributed by atoms with Gasteiger partial charge in [-0.1, -0.05) is 25.0 Å². The van der Waals surface area contributed by atoms with Gasteiger partial charge in [0.15, 0.2) is 0 Å². The Morgan fingerprint density at radius 1 is 1.29 bits per heavy atom. The third-order valence-corrected chi connectivity index (χ3v) is 3.70. The summed E-state index contributed by atoms with van der Waals surface area (Å²) in [4.78, 5) is 8.83. The third kappa shape index (κ3) is 3.25. The fourth-order valence-electron chi connectivity index (χ4n) is 1.70. The Bertz CT molecular complexity index is 707. The number of hydrogen-bond donors (Lipinski definition) is 1. The molecule has 0 saturated carbocycles. The standard InChI is InChI=1S/C14H15N5OS/c1-9(2)12-18-19-14(20-12)16-7-10-8-21-13(17-10)11-5-3-4-6-15-11/h3-6,8-9H,7H2,1-2H3,(H,16,19). The van der Waals surface area contributed by atoms with Crippen molar-refractivity contribution in [1.29, 1.82) is 0 Å². The molecule has 6 nitrogen and oxygen atoms in total. The Morgan fingerprint density at radius 3 is 2.90 bits per heavy atom. The van der Waals surface area contributed by atoms with Crippen LogP contribution < -0.4 is 5.32 Å². The highest BCUT2D eigenvalue weighted by molar-refractivity contribution is 7.13. The molecule has 3 aromatic heterocycles. The predicted molar refractivity (Wildman–Crippen MR) is 81.1 cm³/mol. The van der Waals surface area contributed by atoms with E-state index in [1.165, 1.54) is 0 Å². The van der Waals surface area contributed by atoms with Gasteiger partial charge in [-0.3, -0.25) is 4.98 Å². The quantitative estimate of drug-likeness (QED) is 0.779. The topological polar surface area (TPSA) is 76.7 Å². The lowest BCUT2D eigenvalue weighted by atomic mass is 10.2. The first-order valence-electron chi connectivity index (χ1n) is 6.65. The molecule has 3 heterocycles. The molecule has 0 unspecified atom stereocenters. The first-order chi connectivity index (χ1) is 10.2. The number of thiazole rings is 1. The SMILES string of the molecule is CC(C)c1nnc(NCc2csc(-c3ccccn3)n2)o1. The Kier molecular flexibility index (Phi) is 3.92. The van der Waals surface area contributed by atoms with Crippen LogP contribution in [0.15, 0.2) is 34.2 Å². The van der Waals surface area contributed by atoms with Gasteiger partial charge in [0.25, 0.3) is 0 Å². The van der Waals surface area contributed by atoms with Gasteiger partial charge >= 0.3 is 6.01 Å². The molecule has 3 aromatic rings. The van der Waals surface area contributed by atoms with Gasteiger partial charge in [0.1, 0.15) is 5.01 Å². The predicted octanol–water partition coefficient (Wildman–Crippen LogP) is 3.32. The van der Waals surface area contributed by atoms with Crippen molar-refractivity contribution >= 4 is 17.4 Å². The molecule has 0 atom stereocenters. The van der Waals surface area contributed by atoms with E-state index in [4.69, 9.17) is 4.42 Å². The fourth-order valence-corrected chi connectivity index (χ4v) is 2.50. The Morgan fingerprint density at radius 2 is 2.19 bits per heavy atom. The molecular weight excluding hydrogens is 286 g/mol. The molecule has 1 N–H and O–H groups in total. The highest BCUT2D eigenvalue weighted by Crippen LogP contribution is 2.22. The van der Waals surface area contributed by atoms with Crippen molar-refractivity contribution in [2.75, 3.05) is 5.32 Å². The second-order valence-corrected chi connectivity index (χ2v) is 5.67. The highest BCUT2D eigenvalue weighted by atomic mass is 32.1. The van der Waals surface area contributed by atoms with E-state index >= 15 is 0 Å². The van der Waals surface area contributed by atoms with E-state index in [1.54, 1.807) is 17.5 Å². The highest BCUT2D eigenvalue weighted by Gasteiger charge is 2.10. The molecule has 0 radical (unpaired) electrons. The molecule has 21 heavy (non-hydrogen) atoms. The van der Waals surface area contributed by atoms with Gasteiger partial charge in [-0.25, -0.2) is 4.98 Å². The van der Waals surface area contributed by atoms with Gasteiger partial charge in [0.2, 0.25) is 5.89 Å². The zero-order chi connectivity index (χ0) is 14.7. The summed E-state index contributed by atoms with van der Waals surface area (Å²) >= 11 is 1.57. The third-order valence-electron chi connectivity index (χ3n) is 2.79. The zero-order valence-corrected chi connectivity index (χ0v) is 12.6. The summed E-state index contributed by atoms with van der Waals surface area (Å²) in [6.07, 6.45) is 1.76.